The Morgan fingerprint density at radius 2 is 2.16 bits per heavy atom. The molecule has 3 nitrogen and oxygen atoms in total. The molecule has 0 spiro atoms. The van der Waals surface area contributed by atoms with E-state index in [-0.39, 0.29) is 12.2 Å². The van der Waals surface area contributed by atoms with Crippen molar-refractivity contribution in [3.05, 3.63) is 52.0 Å². The first-order valence-electron chi connectivity index (χ1n) is 6.10. The predicted octanol–water partition coefficient (Wildman–Crippen LogP) is 4.03. The number of hydrogen-bond donors (Lipinski definition) is 0. The van der Waals surface area contributed by atoms with Gasteiger partial charge in [0.15, 0.2) is 5.78 Å². The number of carbonyl (C=O) groups excluding carboxylic acids is 1. The standard InChI is InChI=1S/C14H14Cl2N2O/c1-2-7-18-8-6-17-13(18)9-12(19)10-4-3-5-11(15)14(10)16/h3-6,8H,2,7,9H2,1H3. The van der Waals surface area contributed by atoms with Gasteiger partial charge in [-0.05, 0) is 18.6 Å². The molecule has 0 saturated heterocycles. The Morgan fingerprint density at radius 3 is 2.89 bits per heavy atom. The molecule has 2 aromatic rings. The molecule has 0 aliphatic heterocycles. The van der Waals surface area contributed by atoms with E-state index in [4.69, 9.17) is 23.2 Å². The van der Waals surface area contributed by atoms with Crippen LogP contribution >= 0.6 is 23.2 Å². The van der Waals surface area contributed by atoms with Gasteiger partial charge < -0.3 is 4.57 Å². The minimum atomic E-state index is -0.0731. The molecule has 5 heteroatoms. The number of aryl methyl sites for hydroxylation is 1. The van der Waals surface area contributed by atoms with E-state index in [9.17, 15) is 4.79 Å². The SMILES string of the molecule is CCCn1ccnc1CC(=O)c1cccc(Cl)c1Cl. The van der Waals surface area contributed by atoms with Gasteiger partial charge in [-0.2, -0.15) is 0 Å². The fraction of sp³-hybridized carbons (Fsp3) is 0.286. The largest absolute Gasteiger partial charge is 0.335 e. The van der Waals surface area contributed by atoms with Crippen molar-refractivity contribution < 1.29 is 4.79 Å². The van der Waals surface area contributed by atoms with Crippen LogP contribution in [0.4, 0.5) is 0 Å². The van der Waals surface area contributed by atoms with Crippen molar-refractivity contribution in [3.63, 3.8) is 0 Å². The smallest absolute Gasteiger partial charge is 0.171 e. The number of imidazole rings is 1. The number of aromatic nitrogens is 2. The van der Waals surface area contributed by atoms with Crippen molar-refractivity contribution in [2.75, 3.05) is 0 Å². The summed E-state index contributed by atoms with van der Waals surface area (Å²) in [5.41, 5.74) is 0.445. The van der Waals surface area contributed by atoms with Crippen molar-refractivity contribution in [2.24, 2.45) is 0 Å². The Labute approximate surface area is 122 Å². The molecule has 100 valence electrons. The molecule has 0 bridgehead atoms. The topological polar surface area (TPSA) is 34.9 Å². The van der Waals surface area contributed by atoms with Crippen molar-refractivity contribution in [2.45, 2.75) is 26.3 Å². The molecule has 0 amide bonds. The zero-order chi connectivity index (χ0) is 13.8. The number of rotatable bonds is 5. The van der Waals surface area contributed by atoms with Crippen LogP contribution in [-0.2, 0) is 13.0 Å². The van der Waals surface area contributed by atoms with E-state index >= 15 is 0 Å². The van der Waals surface area contributed by atoms with Gasteiger partial charge in [-0.25, -0.2) is 4.98 Å². The van der Waals surface area contributed by atoms with Gasteiger partial charge in [-0.1, -0.05) is 36.2 Å². The Balaban J connectivity index is 2.21. The second kappa shape index (κ2) is 6.22. The van der Waals surface area contributed by atoms with E-state index in [1.165, 1.54) is 0 Å². The van der Waals surface area contributed by atoms with Crippen LogP contribution in [0.3, 0.4) is 0 Å². The quantitative estimate of drug-likeness (QED) is 0.781. The van der Waals surface area contributed by atoms with Gasteiger partial charge >= 0.3 is 0 Å². The third-order valence-electron chi connectivity index (χ3n) is 2.84. The molecule has 0 radical (unpaired) electrons. The first-order valence-corrected chi connectivity index (χ1v) is 6.86. The fourth-order valence-electron chi connectivity index (χ4n) is 1.91. The van der Waals surface area contributed by atoms with Crippen LogP contribution in [0.2, 0.25) is 10.0 Å². The van der Waals surface area contributed by atoms with E-state index in [0.717, 1.165) is 18.8 Å². The molecular weight excluding hydrogens is 283 g/mol. The second-order valence-corrected chi connectivity index (χ2v) is 5.02. The molecule has 0 aliphatic carbocycles. The first-order chi connectivity index (χ1) is 9.13. The highest BCUT2D eigenvalue weighted by Gasteiger charge is 2.15. The lowest BCUT2D eigenvalue weighted by molar-refractivity contribution is 0.0990. The Kier molecular flexibility index (Phi) is 4.61. The molecule has 19 heavy (non-hydrogen) atoms. The number of nitrogens with zero attached hydrogens (tertiary/aromatic N) is 2. The summed E-state index contributed by atoms with van der Waals surface area (Å²) in [5.74, 6) is 0.680. The lowest BCUT2D eigenvalue weighted by Crippen LogP contribution is -2.10. The Hall–Kier alpha value is -1.32. The molecule has 0 N–H and O–H groups in total. The lowest BCUT2D eigenvalue weighted by atomic mass is 10.1. The molecular formula is C14H14Cl2N2O. The van der Waals surface area contributed by atoms with Crippen LogP contribution in [-0.4, -0.2) is 15.3 Å². The summed E-state index contributed by atoms with van der Waals surface area (Å²) in [6, 6.07) is 5.07. The Morgan fingerprint density at radius 1 is 1.37 bits per heavy atom. The van der Waals surface area contributed by atoms with E-state index in [1.54, 1.807) is 24.4 Å². The van der Waals surface area contributed by atoms with Crippen molar-refractivity contribution >= 4 is 29.0 Å². The highest BCUT2D eigenvalue weighted by atomic mass is 35.5. The van der Waals surface area contributed by atoms with Crippen molar-refractivity contribution in [3.8, 4) is 0 Å². The summed E-state index contributed by atoms with van der Waals surface area (Å²) in [5, 5.41) is 0.701. The first kappa shape index (κ1) is 14.1. The van der Waals surface area contributed by atoms with E-state index < -0.39 is 0 Å². The van der Waals surface area contributed by atoms with Gasteiger partial charge in [0.2, 0.25) is 0 Å². The molecule has 1 aromatic heterocycles. The predicted molar refractivity (Wildman–Crippen MR) is 77.0 cm³/mol. The summed E-state index contributed by atoms with van der Waals surface area (Å²) in [6.45, 7) is 2.94. The highest BCUT2D eigenvalue weighted by molar-refractivity contribution is 6.43. The van der Waals surface area contributed by atoms with Gasteiger partial charge in [0.05, 0.1) is 16.5 Å². The summed E-state index contributed by atoms with van der Waals surface area (Å²) in [7, 11) is 0. The summed E-state index contributed by atoms with van der Waals surface area (Å²) in [4.78, 5) is 16.5. The average molecular weight is 297 g/mol. The molecule has 0 saturated carbocycles. The van der Waals surface area contributed by atoms with Gasteiger partial charge in [-0.15, -0.1) is 0 Å². The number of Topliss-reactive ketones (excluding diaryl/α,β-unsaturated/α-hetero) is 1. The number of hydrogen-bond acceptors (Lipinski definition) is 2. The fourth-order valence-corrected chi connectivity index (χ4v) is 2.32. The van der Waals surface area contributed by atoms with Gasteiger partial charge in [0.1, 0.15) is 5.82 Å². The molecule has 0 unspecified atom stereocenters. The van der Waals surface area contributed by atoms with Crippen LogP contribution < -0.4 is 0 Å². The third-order valence-corrected chi connectivity index (χ3v) is 3.66. The van der Waals surface area contributed by atoms with Gasteiger partial charge in [-0.3, -0.25) is 4.79 Å². The molecule has 0 atom stereocenters. The maximum absolute atomic E-state index is 12.2. The molecule has 2 rings (SSSR count). The molecule has 0 aliphatic rings. The van der Waals surface area contributed by atoms with Crippen LogP contribution in [0.5, 0.6) is 0 Å². The van der Waals surface area contributed by atoms with Crippen LogP contribution in [0, 0.1) is 0 Å². The van der Waals surface area contributed by atoms with Gasteiger partial charge in [0, 0.05) is 24.5 Å². The molecule has 0 fully saturated rings. The van der Waals surface area contributed by atoms with Crippen molar-refractivity contribution in [1.29, 1.82) is 0 Å². The highest BCUT2D eigenvalue weighted by Crippen LogP contribution is 2.26. The van der Waals surface area contributed by atoms with Gasteiger partial charge in [0.25, 0.3) is 0 Å². The Bertz CT molecular complexity index is 593. The second-order valence-electron chi connectivity index (χ2n) is 4.24. The minimum Gasteiger partial charge on any atom is -0.335 e. The normalized spacial score (nSPS) is 10.7. The minimum absolute atomic E-state index is 0.0731. The molecule has 1 heterocycles. The number of benzene rings is 1. The van der Waals surface area contributed by atoms with Crippen molar-refractivity contribution in [1.82, 2.24) is 9.55 Å². The summed E-state index contributed by atoms with van der Waals surface area (Å²) >= 11 is 12.0. The average Bonchev–Trinajstić information content (AvgIpc) is 2.80. The summed E-state index contributed by atoms with van der Waals surface area (Å²) in [6.07, 6.45) is 4.81. The van der Waals surface area contributed by atoms with Crippen LogP contribution in [0.1, 0.15) is 29.5 Å². The van der Waals surface area contributed by atoms with E-state index in [2.05, 4.69) is 11.9 Å². The number of ketones is 1. The zero-order valence-corrected chi connectivity index (χ0v) is 12.1. The van der Waals surface area contributed by atoms with Crippen LogP contribution in [0.15, 0.2) is 30.6 Å². The lowest BCUT2D eigenvalue weighted by Gasteiger charge is -2.07. The third kappa shape index (κ3) is 3.17. The monoisotopic (exact) mass is 296 g/mol. The maximum Gasteiger partial charge on any atom is 0.171 e. The van der Waals surface area contributed by atoms with Crippen LogP contribution in [0.25, 0.3) is 0 Å². The zero-order valence-electron chi connectivity index (χ0n) is 10.6. The summed E-state index contributed by atoms with van der Waals surface area (Å²) < 4.78 is 1.98. The molecule has 1 aromatic carbocycles. The number of halogens is 2. The maximum atomic E-state index is 12.2. The van der Waals surface area contributed by atoms with E-state index in [0.29, 0.717) is 15.6 Å². The number of carbonyl (C=O) groups is 1. The van der Waals surface area contributed by atoms with E-state index in [1.807, 2.05) is 10.8 Å².